The molecule has 1 fully saturated rings. The molecule has 0 aromatic heterocycles. The zero-order valence-electron chi connectivity index (χ0n) is 16.2. The molecule has 1 aliphatic rings. The maximum Gasteiger partial charge on any atom is 0.293 e. The van der Waals surface area contributed by atoms with Crippen molar-refractivity contribution in [3.8, 4) is 11.5 Å². The average molecular weight is 556 g/mol. The van der Waals surface area contributed by atoms with Crippen molar-refractivity contribution >= 4 is 63.2 Å². The Bertz CT molecular complexity index is 1010. The van der Waals surface area contributed by atoms with Crippen molar-refractivity contribution in [3.63, 3.8) is 0 Å². The first kappa shape index (κ1) is 22.7. The minimum Gasteiger partial charge on any atom is -0.490 e. The van der Waals surface area contributed by atoms with Crippen molar-refractivity contribution in [2.45, 2.75) is 13.5 Å². The number of carbonyl (C=O) groups is 2. The third-order valence-electron chi connectivity index (χ3n) is 4.11. The van der Waals surface area contributed by atoms with Crippen LogP contribution in [0, 0.1) is 3.57 Å². The van der Waals surface area contributed by atoms with Gasteiger partial charge in [0, 0.05) is 10.1 Å². The van der Waals surface area contributed by atoms with Crippen LogP contribution < -0.4 is 9.47 Å². The van der Waals surface area contributed by atoms with Crippen molar-refractivity contribution in [1.82, 2.24) is 4.90 Å². The molecule has 0 atom stereocenters. The molecule has 156 valence electrons. The molecule has 0 aliphatic carbocycles. The summed E-state index contributed by atoms with van der Waals surface area (Å²) in [6, 6.07) is 11.4. The number of thioether (sulfide) groups is 1. The van der Waals surface area contributed by atoms with Crippen molar-refractivity contribution in [2.24, 2.45) is 0 Å². The van der Waals surface area contributed by atoms with E-state index >= 15 is 0 Å². The average Bonchev–Trinajstić information content (AvgIpc) is 2.97. The van der Waals surface area contributed by atoms with Crippen LogP contribution in [0.15, 0.2) is 54.0 Å². The molecule has 1 saturated heterocycles. The SMILES string of the molecule is C=CCN1C(=O)S/C(=C/c2cc(Cl)c(OCc3ccc(I)cc3)c(OCC)c2)C1=O. The van der Waals surface area contributed by atoms with E-state index in [2.05, 4.69) is 29.2 Å². The first-order chi connectivity index (χ1) is 14.4. The number of halogens is 2. The van der Waals surface area contributed by atoms with Gasteiger partial charge < -0.3 is 9.47 Å². The van der Waals surface area contributed by atoms with E-state index in [0.29, 0.717) is 40.2 Å². The van der Waals surface area contributed by atoms with Gasteiger partial charge in [-0.25, -0.2) is 0 Å². The summed E-state index contributed by atoms with van der Waals surface area (Å²) in [5.74, 6) is 0.569. The molecule has 2 amide bonds. The van der Waals surface area contributed by atoms with Crippen LogP contribution in [0.1, 0.15) is 18.1 Å². The highest BCUT2D eigenvalue weighted by Gasteiger charge is 2.34. The molecule has 8 heteroatoms. The molecular weight excluding hydrogens is 537 g/mol. The van der Waals surface area contributed by atoms with E-state index in [4.69, 9.17) is 21.1 Å². The van der Waals surface area contributed by atoms with Crippen molar-refractivity contribution in [3.05, 3.63) is 73.7 Å². The molecule has 0 unspecified atom stereocenters. The monoisotopic (exact) mass is 555 g/mol. The van der Waals surface area contributed by atoms with Crippen LogP contribution in [0.4, 0.5) is 4.79 Å². The first-order valence-electron chi connectivity index (χ1n) is 9.12. The summed E-state index contributed by atoms with van der Waals surface area (Å²) >= 11 is 9.61. The standard InChI is InChI=1S/C22H19ClINO4S/c1-3-9-25-21(26)19(30-22(25)27)12-15-10-17(23)20(18(11-15)28-4-2)29-13-14-5-7-16(24)8-6-14/h3,5-8,10-12H,1,4,9,13H2,2H3/b19-12+. The van der Waals surface area contributed by atoms with Gasteiger partial charge in [0.05, 0.1) is 16.5 Å². The number of hydrogen-bond acceptors (Lipinski definition) is 5. The van der Waals surface area contributed by atoms with E-state index in [-0.39, 0.29) is 17.7 Å². The van der Waals surface area contributed by atoms with Crippen molar-refractivity contribution in [1.29, 1.82) is 0 Å². The Labute approximate surface area is 198 Å². The fourth-order valence-electron chi connectivity index (χ4n) is 2.75. The Balaban J connectivity index is 1.85. The molecule has 1 aliphatic heterocycles. The van der Waals surface area contributed by atoms with Crippen LogP contribution in [0.3, 0.4) is 0 Å². The van der Waals surface area contributed by atoms with Gasteiger partial charge >= 0.3 is 0 Å². The molecule has 0 N–H and O–H groups in total. The zero-order valence-corrected chi connectivity index (χ0v) is 19.9. The van der Waals surface area contributed by atoms with Gasteiger partial charge in [0.15, 0.2) is 11.5 Å². The lowest BCUT2D eigenvalue weighted by Crippen LogP contribution is -2.27. The smallest absolute Gasteiger partial charge is 0.293 e. The summed E-state index contributed by atoms with van der Waals surface area (Å²) in [5.41, 5.74) is 1.66. The highest BCUT2D eigenvalue weighted by Crippen LogP contribution is 2.39. The largest absolute Gasteiger partial charge is 0.490 e. The van der Waals surface area contributed by atoms with Crippen LogP contribution in [0.2, 0.25) is 5.02 Å². The van der Waals surface area contributed by atoms with Crippen molar-refractivity contribution in [2.75, 3.05) is 13.2 Å². The third kappa shape index (κ3) is 5.39. The van der Waals surface area contributed by atoms with Gasteiger partial charge in [-0.1, -0.05) is 29.8 Å². The summed E-state index contributed by atoms with van der Waals surface area (Å²) in [5, 5.41) is 0.0442. The van der Waals surface area contributed by atoms with Gasteiger partial charge in [0.1, 0.15) is 6.61 Å². The molecule has 0 radical (unpaired) electrons. The maximum absolute atomic E-state index is 12.4. The minimum atomic E-state index is -0.349. The second-order valence-electron chi connectivity index (χ2n) is 6.26. The quantitative estimate of drug-likeness (QED) is 0.222. The lowest BCUT2D eigenvalue weighted by Gasteiger charge is -2.15. The maximum atomic E-state index is 12.4. The topological polar surface area (TPSA) is 55.8 Å². The fourth-order valence-corrected chi connectivity index (χ4v) is 4.23. The lowest BCUT2D eigenvalue weighted by molar-refractivity contribution is -0.122. The van der Waals surface area contributed by atoms with Gasteiger partial charge in [-0.2, -0.15) is 0 Å². The lowest BCUT2D eigenvalue weighted by atomic mass is 10.1. The second-order valence-corrected chi connectivity index (χ2v) is 8.91. The first-order valence-corrected chi connectivity index (χ1v) is 11.4. The van der Waals surface area contributed by atoms with E-state index in [1.807, 2.05) is 31.2 Å². The van der Waals surface area contributed by atoms with Crippen LogP contribution in [-0.2, 0) is 11.4 Å². The number of carbonyl (C=O) groups excluding carboxylic acids is 2. The van der Waals surface area contributed by atoms with Gasteiger partial charge in [-0.05, 0) is 82.7 Å². The summed E-state index contributed by atoms with van der Waals surface area (Å²) in [7, 11) is 0. The molecule has 1 heterocycles. The van der Waals surface area contributed by atoms with E-state index in [0.717, 1.165) is 25.8 Å². The molecule has 30 heavy (non-hydrogen) atoms. The van der Waals surface area contributed by atoms with E-state index < -0.39 is 0 Å². The summed E-state index contributed by atoms with van der Waals surface area (Å²) in [4.78, 5) is 25.9. The normalized spacial score (nSPS) is 15.0. The molecule has 2 aromatic rings. The molecule has 0 saturated carbocycles. The summed E-state index contributed by atoms with van der Waals surface area (Å²) in [6.45, 7) is 6.39. The molecule has 0 bridgehead atoms. The predicted molar refractivity (Wildman–Crippen MR) is 129 cm³/mol. The number of amides is 2. The Morgan fingerprint density at radius 3 is 2.60 bits per heavy atom. The van der Waals surface area contributed by atoms with Gasteiger partial charge in [-0.3, -0.25) is 14.5 Å². The fraction of sp³-hybridized carbons (Fsp3) is 0.182. The molecular formula is C22H19ClINO4S. The highest BCUT2D eigenvalue weighted by atomic mass is 127. The third-order valence-corrected chi connectivity index (χ3v) is 6.02. The Kier molecular flexibility index (Phi) is 7.85. The number of imide groups is 1. The number of benzene rings is 2. The van der Waals surface area contributed by atoms with E-state index in [9.17, 15) is 9.59 Å². The van der Waals surface area contributed by atoms with Crippen LogP contribution in [0.5, 0.6) is 11.5 Å². The number of ether oxygens (including phenoxy) is 2. The van der Waals surface area contributed by atoms with Crippen LogP contribution in [0.25, 0.3) is 6.08 Å². The van der Waals surface area contributed by atoms with Gasteiger partial charge in [-0.15, -0.1) is 6.58 Å². The molecule has 3 rings (SSSR count). The van der Waals surface area contributed by atoms with Crippen LogP contribution >= 0.6 is 46.0 Å². The molecule has 5 nitrogen and oxygen atoms in total. The van der Waals surface area contributed by atoms with Gasteiger partial charge in [0.2, 0.25) is 0 Å². The molecule has 2 aromatic carbocycles. The van der Waals surface area contributed by atoms with E-state index in [1.165, 1.54) is 6.08 Å². The zero-order chi connectivity index (χ0) is 21.7. The number of rotatable bonds is 8. The van der Waals surface area contributed by atoms with E-state index in [1.54, 1.807) is 18.2 Å². The van der Waals surface area contributed by atoms with Gasteiger partial charge in [0.25, 0.3) is 11.1 Å². The number of hydrogen-bond donors (Lipinski definition) is 0. The minimum absolute atomic E-state index is 0.179. The van der Waals surface area contributed by atoms with Crippen molar-refractivity contribution < 1.29 is 19.1 Å². The Hall–Kier alpha value is -1.97. The number of nitrogens with zero attached hydrogens (tertiary/aromatic N) is 1. The van der Waals surface area contributed by atoms with Crippen LogP contribution in [-0.4, -0.2) is 29.2 Å². The highest BCUT2D eigenvalue weighted by molar-refractivity contribution is 14.1. The Morgan fingerprint density at radius 2 is 1.93 bits per heavy atom. The Morgan fingerprint density at radius 1 is 1.20 bits per heavy atom. The second kappa shape index (κ2) is 10.4. The molecule has 0 spiro atoms. The predicted octanol–water partition coefficient (Wildman–Crippen LogP) is 6.14. The summed E-state index contributed by atoms with van der Waals surface area (Å²) < 4.78 is 12.8. The summed E-state index contributed by atoms with van der Waals surface area (Å²) in [6.07, 6.45) is 3.15.